The lowest BCUT2D eigenvalue weighted by atomic mass is 10.8. The molecular formula is C3H4F3O2S. The molecule has 0 saturated heterocycles. The first-order valence-corrected chi connectivity index (χ1v) is 3.48. The standard InChI is InChI=1S/C3H4F3O2S/c1-9(7,8)3(5,6)2-4/h1-2H2. The van der Waals surface area contributed by atoms with Crippen LogP contribution in [0.3, 0.4) is 0 Å². The molecule has 0 atom stereocenters. The van der Waals surface area contributed by atoms with Crippen molar-refractivity contribution >= 4 is 9.84 Å². The molecule has 9 heavy (non-hydrogen) atoms. The van der Waals surface area contributed by atoms with Crippen LogP contribution in [0.1, 0.15) is 0 Å². The Kier molecular flexibility index (Phi) is 2.10. The minimum atomic E-state index is -4.81. The van der Waals surface area contributed by atoms with E-state index in [1.54, 1.807) is 0 Å². The van der Waals surface area contributed by atoms with E-state index in [1.807, 2.05) is 0 Å². The van der Waals surface area contributed by atoms with Crippen molar-refractivity contribution in [2.45, 2.75) is 5.25 Å². The molecule has 6 heteroatoms. The number of halogens is 3. The van der Waals surface area contributed by atoms with Crippen LogP contribution < -0.4 is 0 Å². The summed E-state index contributed by atoms with van der Waals surface area (Å²) in [5, 5.41) is -4.33. The zero-order valence-corrected chi connectivity index (χ0v) is 5.09. The fourth-order valence-electron chi connectivity index (χ4n) is 0.0831. The van der Waals surface area contributed by atoms with Gasteiger partial charge in [0.1, 0.15) is 0 Å². The summed E-state index contributed by atoms with van der Waals surface area (Å²) in [7, 11) is -4.81. The first-order chi connectivity index (χ1) is 3.81. The number of alkyl halides is 3. The van der Waals surface area contributed by atoms with E-state index in [4.69, 9.17) is 0 Å². The summed E-state index contributed by atoms with van der Waals surface area (Å²) < 4.78 is 53.9. The molecule has 0 saturated carbocycles. The maximum absolute atomic E-state index is 11.6. The number of rotatable bonds is 2. The maximum Gasteiger partial charge on any atom is 0.373 e. The third kappa shape index (κ3) is 1.85. The predicted molar refractivity (Wildman–Crippen MR) is 25.2 cm³/mol. The van der Waals surface area contributed by atoms with Crippen LogP contribution in [0.15, 0.2) is 0 Å². The van der Waals surface area contributed by atoms with E-state index >= 15 is 0 Å². The monoisotopic (exact) mass is 161 g/mol. The van der Waals surface area contributed by atoms with Gasteiger partial charge in [-0.2, -0.15) is 8.78 Å². The Labute approximate surface area is 50.6 Å². The van der Waals surface area contributed by atoms with Crippen molar-refractivity contribution < 1.29 is 21.6 Å². The topological polar surface area (TPSA) is 34.1 Å². The molecule has 0 spiro atoms. The van der Waals surface area contributed by atoms with Crippen LogP contribution in [0.25, 0.3) is 0 Å². The molecule has 0 bridgehead atoms. The van der Waals surface area contributed by atoms with Gasteiger partial charge in [-0.05, 0) is 0 Å². The molecule has 1 radical (unpaired) electrons. The van der Waals surface area contributed by atoms with Crippen molar-refractivity contribution in [3.05, 3.63) is 6.26 Å². The van der Waals surface area contributed by atoms with E-state index in [0.29, 0.717) is 0 Å². The molecule has 0 rings (SSSR count). The molecule has 0 N–H and O–H groups in total. The maximum atomic E-state index is 11.6. The predicted octanol–water partition coefficient (Wildman–Crippen LogP) is 0.755. The van der Waals surface area contributed by atoms with Crippen molar-refractivity contribution in [1.82, 2.24) is 0 Å². The van der Waals surface area contributed by atoms with Gasteiger partial charge in [-0.3, -0.25) is 0 Å². The summed E-state index contributed by atoms with van der Waals surface area (Å²) >= 11 is 0. The second-order valence-corrected chi connectivity index (χ2v) is 3.21. The Morgan fingerprint density at radius 3 is 1.78 bits per heavy atom. The lowest BCUT2D eigenvalue weighted by Gasteiger charge is -2.07. The van der Waals surface area contributed by atoms with Crippen LogP contribution in [0.4, 0.5) is 13.2 Å². The Balaban J connectivity index is 4.56. The Bertz CT molecular complexity index is 183. The SMILES string of the molecule is [CH2]S(=O)(=O)C(F)(F)CF. The molecule has 0 aliphatic heterocycles. The van der Waals surface area contributed by atoms with Gasteiger partial charge in [-0.15, -0.1) is 0 Å². The van der Waals surface area contributed by atoms with Gasteiger partial charge in [-0.25, -0.2) is 12.8 Å². The highest BCUT2D eigenvalue weighted by atomic mass is 32.2. The number of hydrogen-bond donors (Lipinski definition) is 0. The molecule has 0 aromatic carbocycles. The smallest absolute Gasteiger partial charge is 0.243 e. The van der Waals surface area contributed by atoms with E-state index < -0.39 is 21.8 Å². The normalized spacial score (nSPS) is 13.8. The summed E-state index contributed by atoms with van der Waals surface area (Å²) in [5.41, 5.74) is 0. The largest absolute Gasteiger partial charge is 0.373 e. The van der Waals surface area contributed by atoms with E-state index in [2.05, 4.69) is 6.26 Å². The van der Waals surface area contributed by atoms with Gasteiger partial charge in [0.25, 0.3) is 0 Å². The Morgan fingerprint density at radius 1 is 1.44 bits per heavy atom. The summed E-state index contributed by atoms with van der Waals surface area (Å²) in [6.45, 7) is -2.22. The fourth-order valence-corrected chi connectivity index (χ4v) is 0.249. The lowest BCUT2D eigenvalue weighted by Crippen LogP contribution is -2.28. The minimum absolute atomic E-state index is 2.10. The van der Waals surface area contributed by atoms with Gasteiger partial charge in [-0.1, -0.05) is 0 Å². The molecule has 0 heterocycles. The third-order valence-electron chi connectivity index (χ3n) is 0.611. The first kappa shape index (κ1) is 8.74. The zero-order valence-electron chi connectivity index (χ0n) is 4.27. The van der Waals surface area contributed by atoms with Gasteiger partial charge in [0, 0.05) is 0 Å². The lowest BCUT2D eigenvalue weighted by molar-refractivity contribution is 0.0633. The molecular weight excluding hydrogens is 157 g/mol. The summed E-state index contributed by atoms with van der Waals surface area (Å²) in [6.07, 6.45) is 2.10. The first-order valence-electron chi connectivity index (χ1n) is 1.82. The van der Waals surface area contributed by atoms with E-state index in [1.165, 1.54) is 0 Å². The summed E-state index contributed by atoms with van der Waals surface area (Å²) in [6, 6.07) is 0. The second kappa shape index (κ2) is 2.17. The molecule has 0 aliphatic rings. The molecule has 0 aromatic rings. The molecule has 2 nitrogen and oxygen atoms in total. The van der Waals surface area contributed by atoms with Gasteiger partial charge in [0.2, 0.25) is 9.84 Å². The van der Waals surface area contributed by atoms with Gasteiger partial charge in [0.15, 0.2) is 6.67 Å². The molecule has 0 aromatic heterocycles. The Morgan fingerprint density at radius 2 is 1.78 bits per heavy atom. The minimum Gasteiger partial charge on any atom is -0.243 e. The average Bonchev–Trinajstić information content (AvgIpc) is 1.64. The second-order valence-electron chi connectivity index (χ2n) is 1.39. The van der Waals surface area contributed by atoms with Crippen molar-refractivity contribution in [1.29, 1.82) is 0 Å². The summed E-state index contributed by atoms with van der Waals surface area (Å²) in [4.78, 5) is 0. The molecule has 0 fully saturated rings. The van der Waals surface area contributed by atoms with Crippen LogP contribution >= 0.6 is 0 Å². The number of sulfone groups is 1. The van der Waals surface area contributed by atoms with Crippen LogP contribution in [0.2, 0.25) is 0 Å². The van der Waals surface area contributed by atoms with Gasteiger partial charge in [0.05, 0.1) is 6.26 Å². The third-order valence-corrected chi connectivity index (χ3v) is 1.63. The van der Waals surface area contributed by atoms with Gasteiger partial charge < -0.3 is 0 Å². The molecule has 0 aliphatic carbocycles. The van der Waals surface area contributed by atoms with Crippen LogP contribution in [-0.2, 0) is 9.84 Å². The van der Waals surface area contributed by atoms with E-state index in [9.17, 15) is 21.6 Å². The van der Waals surface area contributed by atoms with Crippen LogP contribution in [0, 0.1) is 6.26 Å². The van der Waals surface area contributed by atoms with Crippen molar-refractivity contribution in [3.63, 3.8) is 0 Å². The highest BCUT2D eigenvalue weighted by Gasteiger charge is 2.41. The number of hydrogen-bond acceptors (Lipinski definition) is 2. The van der Waals surface area contributed by atoms with E-state index in [0.717, 1.165) is 0 Å². The Hall–Kier alpha value is -0.260. The molecule has 55 valence electrons. The van der Waals surface area contributed by atoms with Crippen molar-refractivity contribution in [2.24, 2.45) is 0 Å². The fraction of sp³-hybridized carbons (Fsp3) is 0.667. The van der Waals surface area contributed by atoms with Crippen molar-refractivity contribution in [3.8, 4) is 0 Å². The highest BCUT2D eigenvalue weighted by molar-refractivity contribution is 7.93. The summed E-state index contributed by atoms with van der Waals surface area (Å²) in [5.74, 6) is 0. The molecule has 0 amide bonds. The van der Waals surface area contributed by atoms with Crippen LogP contribution in [0.5, 0.6) is 0 Å². The zero-order chi connectivity index (χ0) is 7.71. The molecule has 0 unspecified atom stereocenters. The van der Waals surface area contributed by atoms with Gasteiger partial charge >= 0.3 is 5.25 Å². The average molecular weight is 161 g/mol. The highest BCUT2D eigenvalue weighted by Crippen LogP contribution is 2.21. The van der Waals surface area contributed by atoms with E-state index in [-0.39, 0.29) is 0 Å². The van der Waals surface area contributed by atoms with Crippen LogP contribution in [-0.4, -0.2) is 20.3 Å². The van der Waals surface area contributed by atoms with Crippen molar-refractivity contribution in [2.75, 3.05) is 6.67 Å². The quantitative estimate of drug-likeness (QED) is 0.599.